The zero-order chi connectivity index (χ0) is 18.3. The molecular formula is C19H24F3N3O. The molecule has 4 heterocycles. The number of carbonyl (C=O) groups excluding carboxylic acids is 1. The van der Waals surface area contributed by atoms with Gasteiger partial charge < -0.3 is 9.80 Å². The average molecular weight is 367 g/mol. The molecule has 1 atom stereocenters. The molecule has 0 radical (unpaired) electrons. The Morgan fingerprint density at radius 2 is 1.62 bits per heavy atom. The number of hydrogen-bond acceptors (Lipinski definition) is 3. The van der Waals surface area contributed by atoms with Crippen molar-refractivity contribution >= 4 is 5.91 Å². The lowest BCUT2D eigenvalue weighted by atomic mass is 9.83. The Kier molecular flexibility index (Phi) is 4.69. The quantitative estimate of drug-likeness (QED) is 0.804. The molecule has 4 saturated heterocycles. The van der Waals surface area contributed by atoms with Crippen molar-refractivity contribution in [2.24, 2.45) is 5.92 Å². The van der Waals surface area contributed by atoms with Gasteiger partial charge in [0.1, 0.15) is 0 Å². The third kappa shape index (κ3) is 3.34. The van der Waals surface area contributed by atoms with Crippen molar-refractivity contribution in [2.75, 3.05) is 45.8 Å². The first kappa shape index (κ1) is 17.8. The van der Waals surface area contributed by atoms with Crippen molar-refractivity contribution in [1.82, 2.24) is 14.7 Å². The van der Waals surface area contributed by atoms with Gasteiger partial charge in [-0.1, -0.05) is 12.1 Å². The molecule has 4 fully saturated rings. The summed E-state index contributed by atoms with van der Waals surface area (Å²) >= 11 is 0. The van der Waals surface area contributed by atoms with Gasteiger partial charge in [-0.3, -0.25) is 9.69 Å². The molecule has 4 nitrogen and oxygen atoms in total. The molecular weight excluding hydrogens is 343 g/mol. The van der Waals surface area contributed by atoms with Crippen LogP contribution >= 0.6 is 0 Å². The topological polar surface area (TPSA) is 26.8 Å². The number of halogens is 3. The molecule has 5 rings (SSSR count). The molecule has 0 spiro atoms. The first-order valence-corrected chi connectivity index (χ1v) is 9.35. The maximum Gasteiger partial charge on any atom is 0.417 e. The van der Waals surface area contributed by atoms with E-state index in [9.17, 15) is 18.0 Å². The summed E-state index contributed by atoms with van der Waals surface area (Å²) in [5.41, 5.74) is -1.08. The van der Waals surface area contributed by atoms with E-state index in [4.69, 9.17) is 0 Å². The van der Waals surface area contributed by atoms with Crippen LogP contribution in [0.1, 0.15) is 28.8 Å². The van der Waals surface area contributed by atoms with Gasteiger partial charge in [-0.2, -0.15) is 13.2 Å². The summed E-state index contributed by atoms with van der Waals surface area (Å²) in [4.78, 5) is 19.2. The van der Waals surface area contributed by atoms with Gasteiger partial charge in [0.15, 0.2) is 0 Å². The summed E-state index contributed by atoms with van der Waals surface area (Å²) in [5.74, 6) is 0.222. The van der Waals surface area contributed by atoms with Gasteiger partial charge in [-0.05, 0) is 44.0 Å². The zero-order valence-electron chi connectivity index (χ0n) is 14.7. The number of benzene rings is 1. The third-order valence-electron chi connectivity index (χ3n) is 6.16. The predicted octanol–water partition coefficient (Wildman–Crippen LogP) is 2.56. The van der Waals surface area contributed by atoms with Crippen molar-refractivity contribution in [1.29, 1.82) is 0 Å². The monoisotopic (exact) mass is 367 g/mol. The standard InChI is InChI=1S/C19H24F3N3O/c20-19(21,22)16-4-2-1-3-15(16)18(26)25-11-9-24(10-12-25)17-13-23-7-5-14(17)6-8-23/h1-4,14,17H,5-13H2/t17-/m1/s1. The molecule has 26 heavy (non-hydrogen) atoms. The molecule has 0 N–H and O–H groups in total. The summed E-state index contributed by atoms with van der Waals surface area (Å²) in [7, 11) is 0. The third-order valence-corrected chi connectivity index (χ3v) is 6.16. The minimum Gasteiger partial charge on any atom is -0.336 e. The normalized spacial score (nSPS) is 29.8. The highest BCUT2D eigenvalue weighted by atomic mass is 19.4. The second-order valence-corrected chi connectivity index (χ2v) is 7.58. The smallest absolute Gasteiger partial charge is 0.336 e. The van der Waals surface area contributed by atoms with Crippen molar-refractivity contribution in [2.45, 2.75) is 25.1 Å². The maximum atomic E-state index is 13.2. The first-order valence-electron chi connectivity index (χ1n) is 9.35. The number of amides is 1. The van der Waals surface area contributed by atoms with E-state index >= 15 is 0 Å². The predicted molar refractivity (Wildman–Crippen MR) is 91.9 cm³/mol. The molecule has 4 aliphatic heterocycles. The number of piperazine rings is 1. The molecule has 0 saturated carbocycles. The number of alkyl halides is 3. The van der Waals surface area contributed by atoms with Crippen molar-refractivity contribution in [3.63, 3.8) is 0 Å². The van der Waals surface area contributed by atoms with E-state index in [0.717, 1.165) is 31.6 Å². The number of nitrogens with zero attached hydrogens (tertiary/aromatic N) is 3. The minimum atomic E-state index is -4.51. The Morgan fingerprint density at radius 1 is 0.962 bits per heavy atom. The fourth-order valence-corrected chi connectivity index (χ4v) is 4.69. The summed E-state index contributed by atoms with van der Waals surface area (Å²) in [6.45, 7) is 5.95. The van der Waals surface area contributed by atoms with Crippen LogP contribution in [0, 0.1) is 5.92 Å². The van der Waals surface area contributed by atoms with Crippen LogP contribution in [0.5, 0.6) is 0 Å². The molecule has 2 bridgehead atoms. The van der Waals surface area contributed by atoms with E-state index in [1.54, 1.807) is 4.90 Å². The van der Waals surface area contributed by atoms with Crippen LogP contribution in [0.15, 0.2) is 24.3 Å². The van der Waals surface area contributed by atoms with Crippen LogP contribution in [0.25, 0.3) is 0 Å². The molecule has 4 aliphatic rings. The van der Waals surface area contributed by atoms with Gasteiger partial charge >= 0.3 is 6.18 Å². The van der Waals surface area contributed by atoms with E-state index in [2.05, 4.69) is 9.80 Å². The minimum absolute atomic E-state index is 0.240. The molecule has 1 aromatic rings. The molecule has 142 valence electrons. The maximum absolute atomic E-state index is 13.2. The average Bonchev–Trinajstić information content (AvgIpc) is 2.68. The Hall–Kier alpha value is -1.60. The molecule has 0 aromatic heterocycles. The van der Waals surface area contributed by atoms with Gasteiger partial charge in [-0.15, -0.1) is 0 Å². The number of hydrogen-bond donors (Lipinski definition) is 0. The van der Waals surface area contributed by atoms with Crippen molar-refractivity contribution < 1.29 is 18.0 Å². The van der Waals surface area contributed by atoms with Gasteiger partial charge in [0.05, 0.1) is 11.1 Å². The van der Waals surface area contributed by atoms with Gasteiger partial charge in [0, 0.05) is 38.8 Å². The lowest BCUT2D eigenvalue weighted by molar-refractivity contribution is -0.138. The summed E-state index contributed by atoms with van der Waals surface area (Å²) < 4.78 is 39.6. The molecule has 0 aliphatic carbocycles. The van der Waals surface area contributed by atoms with E-state index < -0.39 is 17.6 Å². The molecule has 0 unspecified atom stereocenters. The van der Waals surface area contributed by atoms with Crippen molar-refractivity contribution in [3.05, 3.63) is 35.4 Å². The van der Waals surface area contributed by atoms with Gasteiger partial charge in [0.25, 0.3) is 5.91 Å². The molecule has 1 aromatic carbocycles. The van der Waals surface area contributed by atoms with Crippen LogP contribution in [0.2, 0.25) is 0 Å². The van der Waals surface area contributed by atoms with E-state index in [0.29, 0.717) is 19.1 Å². The highest BCUT2D eigenvalue weighted by Crippen LogP contribution is 2.33. The Bertz CT molecular complexity index is 662. The van der Waals surface area contributed by atoms with Crippen LogP contribution in [-0.2, 0) is 6.18 Å². The SMILES string of the molecule is O=C(c1ccccc1C(F)(F)F)N1CCN([C@@H]2CN3CCC2CC3)CC1. The van der Waals surface area contributed by atoms with Crippen LogP contribution in [0.3, 0.4) is 0 Å². The highest BCUT2D eigenvalue weighted by Gasteiger charge is 2.40. The summed E-state index contributed by atoms with van der Waals surface area (Å²) in [6, 6.07) is 5.62. The largest absolute Gasteiger partial charge is 0.417 e. The fourth-order valence-electron chi connectivity index (χ4n) is 4.69. The Morgan fingerprint density at radius 3 is 2.19 bits per heavy atom. The second kappa shape index (κ2) is 6.85. The Balaban J connectivity index is 1.42. The molecule has 1 amide bonds. The van der Waals surface area contributed by atoms with Crippen LogP contribution < -0.4 is 0 Å². The number of piperidine rings is 3. The highest BCUT2D eigenvalue weighted by molar-refractivity contribution is 5.96. The molecule has 7 heteroatoms. The van der Waals surface area contributed by atoms with Crippen LogP contribution in [-0.4, -0.2) is 72.5 Å². The van der Waals surface area contributed by atoms with Crippen LogP contribution in [0.4, 0.5) is 13.2 Å². The fraction of sp³-hybridized carbons (Fsp3) is 0.632. The van der Waals surface area contributed by atoms with E-state index in [1.807, 2.05) is 0 Å². The summed E-state index contributed by atoms with van der Waals surface area (Å²) in [5, 5.41) is 0. The number of rotatable bonds is 2. The number of fused-ring (bicyclic) bond motifs is 3. The number of carbonyl (C=O) groups is 1. The lowest BCUT2D eigenvalue weighted by Gasteiger charge is -2.51. The van der Waals surface area contributed by atoms with Gasteiger partial charge in [-0.25, -0.2) is 0 Å². The van der Waals surface area contributed by atoms with Gasteiger partial charge in [0.2, 0.25) is 0 Å². The summed E-state index contributed by atoms with van der Waals surface area (Å²) in [6.07, 6.45) is -2.03. The van der Waals surface area contributed by atoms with E-state index in [-0.39, 0.29) is 5.56 Å². The Labute approximate surface area is 151 Å². The first-order chi connectivity index (χ1) is 12.4. The lowest BCUT2D eigenvalue weighted by Crippen LogP contribution is -2.61. The second-order valence-electron chi connectivity index (χ2n) is 7.58. The zero-order valence-corrected chi connectivity index (χ0v) is 14.7. The van der Waals surface area contributed by atoms with E-state index in [1.165, 1.54) is 44.1 Å². The van der Waals surface area contributed by atoms with Crippen molar-refractivity contribution in [3.8, 4) is 0 Å².